The summed E-state index contributed by atoms with van der Waals surface area (Å²) in [6.07, 6.45) is 1.94. The van der Waals surface area contributed by atoms with Gasteiger partial charge in [-0.15, -0.1) is 0 Å². The zero-order valence-corrected chi connectivity index (χ0v) is 20.6. The van der Waals surface area contributed by atoms with E-state index >= 15 is 0 Å². The molecule has 0 radical (unpaired) electrons. The number of carbonyl (C=O) groups excluding carboxylic acids is 1. The Hall–Kier alpha value is -3.52. The third-order valence-corrected chi connectivity index (χ3v) is 6.52. The smallest absolute Gasteiger partial charge is 0.278 e. The highest BCUT2D eigenvalue weighted by molar-refractivity contribution is 7.99. The van der Waals surface area contributed by atoms with Gasteiger partial charge in [-0.2, -0.15) is 0 Å². The predicted molar refractivity (Wildman–Crippen MR) is 136 cm³/mol. The molecule has 0 fully saturated rings. The fourth-order valence-corrected chi connectivity index (χ4v) is 4.79. The van der Waals surface area contributed by atoms with E-state index in [1.807, 2.05) is 86.3 Å². The molecule has 0 saturated heterocycles. The summed E-state index contributed by atoms with van der Waals surface area (Å²) in [6, 6.07) is 17.4. The van der Waals surface area contributed by atoms with Crippen molar-refractivity contribution < 1.29 is 9.53 Å². The minimum absolute atomic E-state index is 0.0932. The van der Waals surface area contributed by atoms with Gasteiger partial charge < -0.3 is 14.6 Å². The second-order valence-electron chi connectivity index (χ2n) is 8.29. The van der Waals surface area contributed by atoms with Crippen molar-refractivity contribution in [2.24, 2.45) is 7.05 Å². The third-order valence-electron chi connectivity index (χ3n) is 5.57. The van der Waals surface area contributed by atoms with Crippen LogP contribution in [0.4, 0.5) is 0 Å². The molecule has 34 heavy (non-hydrogen) atoms. The van der Waals surface area contributed by atoms with Gasteiger partial charge in [0.2, 0.25) is 5.91 Å². The maximum Gasteiger partial charge on any atom is 0.278 e. The Morgan fingerprint density at radius 1 is 1.12 bits per heavy atom. The van der Waals surface area contributed by atoms with Gasteiger partial charge in [-0.1, -0.05) is 54.2 Å². The van der Waals surface area contributed by atoms with Gasteiger partial charge >= 0.3 is 0 Å². The molecule has 4 rings (SSSR count). The minimum Gasteiger partial charge on any atom is -0.497 e. The number of thioether (sulfide) groups is 1. The fourth-order valence-electron chi connectivity index (χ4n) is 3.84. The van der Waals surface area contributed by atoms with Crippen molar-refractivity contribution in [1.29, 1.82) is 0 Å². The molecule has 0 aliphatic carbocycles. The van der Waals surface area contributed by atoms with Crippen LogP contribution >= 0.6 is 11.8 Å². The molecule has 0 aliphatic heterocycles. The molecule has 7 nitrogen and oxygen atoms in total. The first kappa shape index (κ1) is 23.6. The molecule has 2 aromatic heterocycles. The molecule has 0 unspecified atom stereocenters. The highest BCUT2D eigenvalue weighted by atomic mass is 32.2. The van der Waals surface area contributed by atoms with Gasteiger partial charge in [0.05, 0.1) is 12.9 Å². The largest absolute Gasteiger partial charge is 0.497 e. The molecule has 1 N–H and O–H groups in total. The number of fused-ring (bicyclic) bond motifs is 1. The summed E-state index contributed by atoms with van der Waals surface area (Å²) in [4.78, 5) is 30.9. The number of ether oxygens (including phenoxy) is 1. The summed E-state index contributed by atoms with van der Waals surface area (Å²) < 4.78 is 8.66. The molecular weight excluding hydrogens is 448 g/mol. The summed E-state index contributed by atoms with van der Waals surface area (Å²) in [5.74, 6) is 0.810. The molecule has 1 amide bonds. The van der Waals surface area contributed by atoms with E-state index in [2.05, 4.69) is 5.32 Å². The van der Waals surface area contributed by atoms with Gasteiger partial charge in [0, 0.05) is 31.4 Å². The number of aryl methyl sites for hydroxylation is 1. The molecule has 8 heteroatoms. The number of rotatable bonds is 8. The van der Waals surface area contributed by atoms with Crippen LogP contribution < -0.4 is 15.6 Å². The standard InChI is InChI=1S/C26H28N4O3S/c1-17(2)30-25(32)24-23(21(15-29(24)3)19-8-6-5-7-9-19)28-26(30)34-16-22(31)27-14-18-10-12-20(33-4)13-11-18/h5-13,15,17H,14,16H2,1-4H3,(H,27,31). The first-order valence-electron chi connectivity index (χ1n) is 11.1. The first-order chi connectivity index (χ1) is 16.4. The minimum atomic E-state index is -0.123. The summed E-state index contributed by atoms with van der Waals surface area (Å²) in [6.45, 7) is 4.32. The van der Waals surface area contributed by atoms with Crippen LogP contribution in [0, 0.1) is 0 Å². The van der Waals surface area contributed by atoms with E-state index in [1.165, 1.54) is 11.8 Å². The van der Waals surface area contributed by atoms with Crippen LogP contribution in [0.5, 0.6) is 5.75 Å². The number of nitrogens with zero attached hydrogens (tertiary/aromatic N) is 3. The van der Waals surface area contributed by atoms with Crippen LogP contribution in [0.2, 0.25) is 0 Å². The lowest BCUT2D eigenvalue weighted by atomic mass is 10.1. The number of aromatic nitrogens is 3. The van der Waals surface area contributed by atoms with Crippen molar-refractivity contribution in [1.82, 2.24) is 19.4 Å². The summed E-state index contributed by atoms with van der Waals surface area (Å²) in [5.41, 5.74) is 3.98. The lowest BCUT2D eigenvalue weighted by Crippen LogP contribution is -2.28. The van der Waals surface area contributed by atoms with Crippen LogP contribution in [-0.2, 0) is 18.4 Å². The highest BCUT2D eigenvalue weighted by Crippen LogP contribution is 2.30. The average Bonchev–Trinajstić information content (AvgIpc) is 3.18. The monoisotopic (exact) mass is 476 g/mol. The lowest BCUT2D eigenvalue weighted by molar-refractivity contribution is -0.118. The van der Waals surface area contributed by atoms with Crippen LogP contribution in [0.1, 0.15) is 25.5 Å². The number of hydrogen-bond acceptors (Lipinski definition) is 5. The molecule has 0 atom stereocenters. The van der Waals surface area contributed by atoms with Crippen molar-refractivity contribution >= 4 is 28.7 Å². The second kappa shape index (κ2) is 10.2. The van der Waals surface area contributed by atoms with Crippen LogP contribution in [0.3, 0.4) is 0 Å². The van der Waals surface area contributed by atoms with E-state index < -0.39 is 0 Å². The predicted octanol–water partition coefficient (Wildman–Crippen LogP) is 4.40. The molecule has 4 aromatic rings. The maximum absolute atomic E-state index is 13.4. The van der Waals surface area contributed by atoms with Crippen molar-refractivity contribution in [3.8, 4) is 16.9 Å². The molecule has 0 saturated carbocycles. The van der Waals surface area contributed by atoms with Crippen molar-refractivity contribution in [2.75, 3.05) is 12.9 Å². The molecule has 0 bridgehead atoms. The number of nitrogens with one attached hydrogen (secondary N) is 1. The summed E-state index contributed by atoms with van der Waals surface area (Å²) >= 11 is 1.28. The van der Waals surface area contributed by atoms with Crippen LogP contribution in [-0.4, -0.2) is 32.9 Å². The number of methoxy groups -OCH3 is 1. The van der Waals surface area contributed by atoms with E-state index in [0.29, 0.717) is 22.7 Å². The topological polar surface area (TPSA) is 78.2 Å². The molecule has 176 valence electrons. The molecule has 0 spiro atoms. The van der Waals surface area contributed by atoms with Crippen molar-refractivity contribution in [3.63, 3.8) is 0 Å². The Bertz CT molecular complexity index is 1360. The van der Waals surface area contributed by atoms with E-state index in [-0.39, 0.29) is 23.3 Å². The second-order valence-corrected chi connectivity index (χ2v) is 9.24. The average molecular weight is 477 g/mol. The zero-order valence-electron chi connectivity index (χ0n) is 19.7. The van der Waals surface area contributed by atoms with Gasteiger partial charge in [-0.25, -0.2) is 4.98 Å². The number of amides is 1. The van der Waals surface area contributed by atoms with E-state index in [0.717, 1.165) is 22.4 Å². The van der Waals surface area contributed by atoms with Gasteiger partial charge in [-0.05, 0) is 37.1 Å². The van der Waals surface area contributed by atoms with E-state index in [9.17, 15) is 9.59 Å². The molecule has 2 heterocycles. The van der Waals surface area contributed by atoms with E-state index in [4.69, 9.17) is 9.72 Å². The SMILES string of the molecule is COc1ccc(CNC(=O)CSc2nc3c(-c4ccccc4)cn(C)c3c(=O)n2C(C)C)cc1. The fraction of sp³-hybridized carbons (Fsp3) is 0.269. The molecular formula is C26H28N4O3S. The van der Waals surface area contributed by atoms with E-state index in [1.54, 1.807) is 11.7 Å². The van der Waals surface area contributed by atoms with Gasteiger partial charge in [0.25, 0.3) is 5.56 Å². The zero-order chi connectivity index (χ0) is 24.2. The lowest BCUT2D eigenvalue weighted by Gasteiger charge is -2.16. The maximum atomic E-state index is 13.4. The molecule has 2 aromatic carbocycles. The number of hydrogen-bond donors (Lipinski definition) is 1. The van der Waals surface area contributed by atoms with Crippen molar-refractivity contribution in [2.45, 2.75) is 31.6 Å². The normalized spacial score (nSPS) is 11.2. The first-order valence-corrected chi connectivity index (χ1v) is 12.1. The van der Waals surface area contributed by atoms with Gasteiger partial charge in [0.1, 0.15) is 16.8 Å². The Kier molecular flexibility index (Phi) is 7.07. The Balaban J connectivity index is 1.59. The molecule has 0 aliphatic rings. The summed E-state index contributed by atoms with van der Waals surface area (Å²) in [5, 5.41) is 3.47. The Morgan fingerprint density at radius 3 is 2.47 bits per heavy atom. The third kappa shape index (κ3) is 4.87. The number of benzene rings is 2. The Labute approximate surface area is 202 Å². The highest BCUT2D eigenvalue weighted by Gasteiger charge is 2.20. The van der Waals surface area contributed by atoms with Gasteiger partial charge in [0.15, 0.2) is 5.16 Å². The van der Waals surface area contributed by atoms with Crippen LogP contribution in [0.15, 0.2) is 70.7 Å². The summed E-state index contributed by atoms with van der Waals surface area (Å²) in [7, 11) is 3.48. The Morgan fingerprint density at radius 2 is 1.82 bits per heavy atom. The quantitative estimate of drug-likeness (QED) is 0.301. The van der Waals surface area contributed by atoms with Crippen molar-refractivity contribution in [3.05, 3.63) is 76.7 Å². The number of carbonyl (C=O) groups is 1. The van der Waals surface area contributed by atoms with Crippen LogP contribution in [0.25, 0.3) is 22.2 Å². The van der Waals surface area contributed by atoms with Gasteiger partial charge in [-0.3, -0.25) is 14.2 Å².